The summed E-state index contributed by atoms with van der Waals surface area (Å²) < 4.78 is 5.47. The summed E-state index contributed by atoms with van der Waals surface area (Å²) in [7, 11) is 1.78. The zero-order valence-electron chi connectivity index (χ0n) is 14.3. The summed E-state index contributed by atoms with van der Waals surface area (Å²) in [5.41, 5.74) is 0.798. The van der Waals surface area contributed by atoms with Crippen LogP contribution in [0, 0.1) is 0 Å². The molecule has 0 radical (unpaired) electrons. The lowest BCUT2D eigenvalue weighted by atomic mass is 10.1. The van der Waals surface area contributed by atoms with Crippen LogP contribution < -0.4 is 4.74 Å². The third-order valence-electron chi connectivity index (χ3n) is 3.25. The van der Waals surface area contributed by atoms with E-state index in [-0.39, 0.29) is 17.6 Å². The van der Waals surface area contributed by atoms with Gasteiger partial charge in [0.2, 0.25) is 5.88 Å². The highest BCUT2D eigenvalue weighted by molar-refractivity contribution is 7.13. The van der Waals surface area contributed by atoms with Crippen molar-refractivity contribution >= 4 is 17.2 Å². The monoisotopic (exact) mass is 334 g/mol. The van der Waals surface area contributed by atoms with Gasteiger partial charge in [-0.25, -0.2) is 4.98 Å². The molecule has 0 spiro atoms. The van der Waals surface area contributed by atoms with Gasteiger partial charge in [-0.05, 0) is 40.7 Å². The number of thiazole rings is 1. The minimum Gasteiger partial charge on any atom is -0.474 e. The van der Waals surface area contributed by atoms with E-state index in [0.29, 0.717) is 22.3 Å². The molecule has 23 heavy (non-hydrogen) atoms. The van der Waals surface area contributed by atoms with Gasteiger partial charge in [-0.1, -0.05) is 0 Å². The van der Waals surface area contributed by atoms with Crippen LogP contribution in [0.1, 0.15) is 45.1 Å². The second-order valence-electron chi connectivity index (χ2n) is 6.50. The second kappa shape index (κ2) is 6.62. The molecule has 0 aliphatic rings. The fraction of sp³-hybridized carbons (Fsp3) is 0.500. The van der Waals surface area contributed by atoms with E-state index in [1.807, 2.05) is 34.6 Å². The number of hydrogen-bond acceptors (Lipinski definition) is 6. The maximum absolute atomic E-state index is 12.4. The number of nitrogens with zero attached hydrogens (tertiary/aromatic N) is 4. The Balaban J connectivity index is 2.17. The first-order valence-electron chi connectivity index (χ1n) is 7.43. The second-order valence-corrected chi connectivity index (χ2v) is 7.35. The normalized spacial score (nSPS) is 11.6. The van der Waals surface area contributed by atoms with Crippen LogP contribution in [-0.4, -0.2) is 44.7 Å². The van der Waals surface area contributed by atoms with E-state index in [1.165, 1.54) is 11.3 Å². The van der Waals surface area contributed by atoms with E-state index in [1.54, 1.807) is 29.5 Å². The first kappa shape index (κ1) is 17.3. The van der Waals surface area contributed by atoms with Crippen molar-refractivity contribution in [2.24, 2.45) is 0 Å². The molecule has 0 bridgehead atoms. The van der Waals surface area contributed by atoms with Gasteiger partial charge in [0.1, 0.15) is 16.4 Å². The molecule has 0 aliphatic heterocycles. The summed E-state index contributed by atoms with van der Waals surface area (Å²) in [6.45, 7) is 9.81. The van der Waals surface area contributed by atoms with Gasteiger partial charge >= 0.3 is 0 Å². The fourth-order valence-corrected chi connectivity index (χ4v) is 2.46. The third-order valence-corrected chi connectivity index (χ3v) is 4.11. The molecule has 2 aromatic rings. The fourth-order valence-electron chi connectivity index (χ4n) is 1.70. The van der Waals surface area contributed by atoms with Crippen LogP contribution in [0.5, 0.6) is 5.88 Å². The van der Waals surface area contributed by atoms with Crippen molar-refractivity contribution in [2.75, 3.05) is 7.05 Å². The lowest BCUT2D eigenvalue weighted by Gasteiger charge is -2.31. The van der Waals surface area contributed by atoms with Crippen molar-refractivity contribution in [3.05, 3.63) is 23.2 Å². The molecular formula is C16H22N4O2S. The van der Waals surface area contributed by atoms with Gasteiger partial charge in [-0.2, -0.15) is 0 Å². The zero-order chi connectivity index (χ0) is 17.2. The molecule has 1 amide bonds. The summed E-state index contributed by atoms with van der Waals surface area (Å²) in [6, 6.07) is 3.55. The Morgan fingerprint density at radius 1 is 1.26 bits per heavy atom. The van der Waals surface area contributed by atoms with Crippen LogP contribution in [-0.2, 0) is 0 Å². The summed E-state index contributed by atoms with van der Waals surface area (Å²) in [4.78, 5) is 18.5. The Kier molecular flexibility index (Phi) is 4.99. The highest BCUT2D eigenvalue weighted by Gasteiger charge is 2.25. The van der Waals surface area contributed by atoms with Crippen molar-refractivity contribution in [1.82, 2.24) is 20.1 Å². The topological polar surface area (TPSA) is 68.2 Å². The van der Waals surface area contributed by atoms with Gasteiger partial charge in [-0.15, -0.1) is 21.5 Å². The Bertz CT molecular complexity index is 674. The van der Waals surface area contributed by atoms with E-state index in [9.17, 15) is 4.79 Å². The van der Waals surface area contributed by atoms with Crippen LogP contribution in [0.15, 0.2) is 17.5 Å². The quantitative estimate of drug-likeness (QED) is 0.858. The average molecular weight is 334 g/mol. The Morgan fingerprint density at radius 3 is 2.48 bits per heavy atom. The molecule has 0 fully saturated rings. The molecule has 0 unspecified atom stereocenters. The van der Waals surface area contributed by atoms with Gasteiger partial charge in [0.25, 0.3) is 5.91 Å². The Labute approximate surface area is 140 Å². The Hall–Kier alpha value is -2.02. The van der Waals surface area contributed by atoms with E-state index in [0.717, 1.165) is 0 Å². The van der Waals surface area contributed by atoms with E-state index < -0.39 is 0 Å². The molecule has 124 valence electrons. The predicted octanol–water partition coefficient (Wildman–Crippen LogP) is 3.26. The van der Waals surface area contributed by atoms with Crippen LogP contribution in [0.25, 0.3) is 10.7 Å². The first-order chi connectivity index (χ1) is 10.7. The number of carbonyl (C=O) groups is 1. The molecule has 0 atom stereocenters. The molecule has 2 heterocycles. The molecule has 6 nitrogen and oxygen atoms in total. The summed E-state index contributed by atoms with van der Waals surface area (Å²) in [6.07, 6.45) is 0.0483. The lowest BCUT2D eigenvalue weighted by molar-refractivity contribution is 0.0650. The van der Waals surface area contributed by atoms with Crippen LogP contribution >= 0.6 is 11.3 Å². The number of rotatable bonds is 4. The van der Waals surface area contributed by atoms with Crippen molar-refractivity contribution in [2.45, 2.75) is 46.3 Å². The van der Waals surface area contributed by atoms with Crippen LogP contribution in [0.2, 0.25) is 0 Å². The predicted molar refractivity (Wildman–Crippen MR) is 90.8 cm³/mol. The van der Waals surface area contributed by atoms with Crippen molar-refractivity contribution in [1.29, 1.82) is 0 Å². The van der Waals surface area contributed by atoms with Crippen molar-refractivity contribution in [3.8, 4) is 16.6 Å². The Morgan fingerprint density at radius 2 is 1.96 bits per heavy atom. The molecule has 2 rings (SSSR count). The molecule has 0 N–H and O–H groups in total. The van der Waals surface area contributed by atoms with Gasteiger partial charge < -0.3 is 9.64 Å². The SMILES string of the molecule is CC(C)Oc1ccc(-c2nc(C(=O)N(C)C(C)(C)C)cs2)nn1. The summed E-state index contributed by atoms with van der Waals surface area (Å²) in [5, 5.41) is 10.6. The third kappa shape index (κ3) is 4.25. The maximum Gasteiger partial charge on any atom is 0.273 e. The highest BCUT2D eigenvalue weighted by atomic mass is 32.1. The largest absolute Gasteiger partial charge is 0.474 e. The molecule has 0 saturated carbocycles. The zero-order valence-corrected chi connectivity index (χ0v) is 15.1. The molecule has 0 saturated heterocycles. The number of aromatic nitrogens is 3. The van der Waals surface area contributed by atoms with Crippen LogP contribution in [0.3, 0.4) is 0 Å². The molecule has 7 heteroatoms. The number of ether oxygens (including phenoxy) is 1. The number of carbonyl (C=O) groups excluding carboxylic acids is 1. The number of amides is 1. The van der Waals surface area contributed by atoms with Gasteiger partial charge in [0, 0.05) is 24.0 Å². The van der Waals surface area contributed by atoms with Gasteiger partial charge in [-0.3, -0.25) is 4.79 Å². The molecule has 0 aromatic carbocycles. The highest BCUT2D eigenvalue weighted by Crippen LogP contribution is 2.24. The van der Waals surface area contributed by atoms with Crippen molar-refractivity contribution < 1.29 is 9.53 Å². The first-order valence-corrected chi connectivity index (χ1v) is 8.31. The minimum absolute atomic E-state index is 0.0483. The van der Waals surface area contributed by atoms with E-state index in [2.05, 4.69) is 15.2 Å². The maximum atomic E-state index is 12.4. The number of hydrogen-bond donors (Lipinski definition) is 0. The molecular weight excluding hydrogens is 312 g/mol. The minimum atomic E-state index is -0.253. The smallest absolute Gasteiger partial charge is 0.273 e. The molecule has 2 aromatic heterocycles. The van der Waals surface area contributed by atoms with E-state index >= 15 is 0 Å². The van der Waals surface area contributed by atoms with Gasteiger partial charge in [0.15, 0.2) is 0 Å². The van der Waals surface area contributed by atoms with Gasteiger partial charge in [0.05, 0.1) is 6.10 Å². The molecule has 0 aliphatic carbocycles. The van der Waals surface area contributed by atoms with Crippen LogP contribution in [0.4, 0.5) is 0 Å². The average Bonchev–Trinajstić information content (AvgIpc) is 2.94. The summed E-state index contributed by atoms with van der Waals surface area (Å²) in [5.74, 6) is 0.372. The van der Waals surface area contributed by atoms with E-state index in [4.69, 9.17) is 4.74 Å². The summed E-state index contributed by atoms with van der Waals surface area (Å²) >= 11 is 1.38. The standard InChI is InChI=1S/C16H22N4O2S/c1-10(2)22-13-8-7-11(18-19-13)14-17-12(9-23-14)15(21)20(6)16(3,4)5/h7-10H,1-6H3. The van der Waals surface area contributed by atoms with Crippen molar-refractivity contribution in [3.63, 3.8) is 0 Å². The lowest BCUT2D eigenvalue weighted by Crippen LogP contribution is -2.42.